The summed E-state index contributed by atoms with van der Waals surface area (Å²) in [4.78, 5) is 0. The van der Waals surface area contributed by atoms with Gasteiger partial charge < -0.3 is 0 Å². The number of rotatable bonds is 5. The number of hydrogen-bond acceptors (Lipinski definition) is 4. The number of aromatic nitrogens is 3. The van der Waals surface area contributed by atoms with Crippen LogP contribution in [0.4, 0.5) is 13.2 Å². The summed E-state index contributed by atoms with van der Waals surface area (Å²) in [7, 11) is 0. The van der Waals surface area contributed by atoms with Crippen molar-refractivity contribution in [3.8, 4) is 0 Å². The quantitative estimate of drug-likeness (QED) is 0.402. The van der Waals surface area contributed by atoms with Gasteiger partial charge in [0.05, 0.1) is 6.21 Å². The summed E-state index contributed by atoms with van der Waals surface area (Å²) < 4.78 is 41.2. The molecule has 134 valence electrons. The van der Waals surface area contributed by atoms with Crippen LogP contribution in [-0.2, 0) is 11.9 Å². The Balaban J connectivity index is 1.86. The van der Waals surface area contributed by atoms with Crippen LogP contribution in [-0.4, -0.2) is 21.1 Å². The average Bonchev–Trinajstić information content (AvgIpc) is 3.03. The molecule has 0 fully saturated rings. The van der Waals surface area contributed by atoms with Gasteiger partial charge in [-0.05, 0) is 23.3 Å². The molecule has 0 bridgehead atoms. The smallest absolute Gasteiger partial charge is 0.183 e. The van der Waals surface area contributed by atoms with Gasteiger partial charge >= 0.3 is 6.18 Å². The second-order valence-electron chi connectivity index (χ2n) is 5.19. The predicted molar refractivity (Wildman–Crippen MR) is 98.2 cm³/mol. The molecule has 0 atom stereocenters. The molecule has 9 heteroatoms. The lowest BCUT2D eigenvalue weighted by atomic mass is 10.2. The normalized spacial score (nSPS) is 12.0. The predicted octanol–water partition coefficient (Wildman–Crippen LogP) is 5.23. The van der Waals surface area contributed by atoms with Gasteiger partial charge in [0.2, 0.25) is 5.16 Å². The van der Waals surface area contributed by atoms with Crippen molar-refractivity contribution in [1.29, 1.82) is 0 Å². The fourth-order valence-electron chi connectivity index (χ4n) is 2.03. The monoisotopic (exact) mass is 440 g/mol. The Kier molecular flexibility index (Phi) is 5.77. The van der Waals surface area contributed by atoms with Crippen LogP contribution in [0.15, 0.2) is 69.3 Å². The van der Waals surface area contributed by atoms with Crippen molar-refractivity contribution >= 4 is 33.9 Å². The van der Waals surface area contributed by atoms with Crippen LogP contribution >= 0.6 is 27.7 Å². The zero-order chi connectivity index (χ0) is 18.6. The molecule has 0 aliphatic rings. The van der Waals surface area contributed by atoms with Crippen molar-refractivity contribution in [2.24, 2.45) is 5.10 Å². The molecular weight excluding hydrogens is 429 g/mol. The second-order valence-corrected chi connectivity index (χ2v) is 7.04. The van der Waals surface area contributed by atoms with Crippen molar-refractivity contribution in [3.05, 3.63) is 76.0 Å². The third-order valence-corrected chi connectivity index (χ3v) is 4.79. The molecule has 0 radical (unpaired) electrons. The minimum absolute atomic E-state index is 0.0763. The van der Waals surface area contributed by atoms with Gasteiger partial charge in [-0.1, -0.05) is 70.2 Å². The van der Waals surface area contributed by atoms with E-state index in [0.717, 1.165) is 26.5 Å². The highest BCUT2D eigenvalue weighted by atomic mass is 79.9. The first-order valence-corrected chi connectivity index (χ1v) is 9.20. The molecule has 0 aliphatic heterocycles. The number of hydrogen-bond donors (Lipinski definition) is 0. The van der Waals surface area contributed by atoms with Gasteiger partial charge in [-0.25, -0.2) is 0 Å². The van der Waals surface area contributed by atoms with Gasteiger partial charge in [-0.3, -0.25) is 0 Å². The van der Waals surface area contributed by atoms with Crippen LogP contribution in [0.1, 0.15) is 17.0 Å². The molecule has 0 spiro atoms. The van der Waals surface area contributed by atoms with Crippen molar-refractivity contribution < 1.29 is 13.2 Å². The van der Waals surface area contributed by atoms with Crippen LogP contribution in [0.2, 0.25) is 0 Å². The summed E-state index contributed by atoms with van der Waals surface area (Å²) >= 11 is 4.48. The number of nitrogens with zero attached hydrogens (tertiary/aromatic N) is 4. The van der Waals surface area contributed by atoms with Gasteiger partial charge in [0.25, 0.3) is 5.82 Å². The van der Waals surface area contributed by atoms with Crippen LogP contribution in [0.25, 0.3) is 0 Å². The van der Waals surface area contributed by atoms with Crippen molar-refractivity contribution in [2.75, 3.05) is 0 Å². The summed E-state index contributed by atoms with van der Waals surface area (Å²) in [6.07, 6.45) is -3.29. The summed E-state index contributed by atoms with van der Waals surface area (Å²) in [5.41, 5.74) is 1.63. The molecule has 0 unspecified atom stereocenters. The first-order chi connectivity index (χ1) is 12.4. The van der Waals surface area contributed by atoms with Crippen molar-refractivity contribution in [2.45, 2.75) is 17.1 Å². The molecular formula is C17H12BrF3N4S. The Morgan fingerprint density at radius 1 is 1.04 bits per heavy atom. The highest BCUT2D eigenvalue weighted by Crippen LogP contribution is 2.31. The average molecular weight is 441 g/mol. The van der Waals surface area contributed by atoms with E-state index < -0.39 is 12.0 Å². The molecule has 26 heavy (non-hydrogen) atoms. The third kappa shape index (κ3) is 4.73. The molecule has 0 aliphatic carbocycles. The zero-order valence-electron chi connectivity index (χ0n) is 13.2. The van der Waals surface area contributed by atoms with Gasteiger partial charge in [0.1, 0.15) is 0 Å². The number of thioether (sulfide) groups is 1. The van der Waals surface area contributed by atoms with Crippen LogP contribution in [0, 0.1) is 0 Å². The van der Waals surface area contributed by atoms with E-state index in [2.05, 4.69) is 31.2 Å². The van der Waals surface area contributed by atoms with E-state index in [9.17, 15) is 13.2 Å². The molecule has 0 N–H and O–H groups in total. The van der Waals surface area contributed by atoms with E-state index in [1.807, 2.05) is 30.3 Å². The van der Waals surface area contributed by atoms with Gasteiger partial charge in [0.15, 0.2) is 0 Å². The highest BCUT2D eigenvalue weighted by Gasteiger charge is 2.39. The fourth-order valence-corrected chi connectivity index (χ4v) is 3.14. The molecule has 3 rings (SSSR count). The molecule has 0 amide bonds. The Labute approximate surface area is 160 Å². The van der Waals surface area contributed by atoms with E-state index in [4.69, 9.17) is 0 Å². The lowest BCUT2D eigenvalue weighted by Gasteiger charge is -2.07. The largest absolute Gasteiger partial charge is 0.453 e. The molecule has 1 heterocycles. The second kappa shape index (κ2) is 8.05. The summed E-state index contributed by atoms with van der Waals surface area (Å²) in [5.74, 6) is -0.701. The standard InChI is InChI=1S/C17H12BrF3N4S/c18-14-8-6-13(7-9-14)11-26-16-24-23-15(17(19,20)21)25(16)22-10-12-4-2-1-3-5-12/h1-10H,11H2/b22-10-. The fraction of sp³-hybridized carbons (Fsp3) is 0.118. The number of alkyl halides is 3. The van der Waals surface area contributed by atoms with Gasteiger partial charge in [-0.15, -0.1) is 10.2 Å². The van der Waals surface area contributed by atoms with E-state index in [1.165, 1.54) is 6.21 Å². The lowest BCUT2D eigenvalue weighted by molar-refractivity contribution is -0.147. The van der Waals surface area contributed by atoms with E-state index in [0.29, 0.717) is 11.3 Å². The first-order valence-electron chi connectivity index (χ1n) is 7.43. The maximum absolute atomic E-state index is 13.2. The van der Waals surface area contributed by atoms with Crippen LogP contribution in [0.3, 0.4) is 0 Å². The topological polar surface area (TPSA) is 43.1 Å². The maximum atomic E-state index is 13.2. The van der Waals surface area contributed by atoms with Crippen molar-refractivity contribution in [3.63, 3.8) is 0 Å². The SMILES string of the molecule is FC(F)(F)c1nnc(SCc2ccc(Br)cc2)n1/N=C\c1ccccc1. The molecule has 0 saturated heterocycles. The molecule has 3 aromatic rings. The lowest BCUT2D eigenvalue weighted by Crippen LogP contribution is -2.13. The third-order valence-electron chi connectivity index (χ3n) is 3.27. The van der Waals surface area contributed by atoms with Gasteiger partial charge in [-0.2, -0.15) is 22.9 Å². The Morgan fingerprint density at radius 3 is 2.38 bits per heavy atom. The Bertz CT molecular complexity index is 893. The van der Waals surface area contributed by atoms with Crippen LogP contribution in [0.5, 0.6) is 0 Å². The van der Waals surface area contributed by atoms with E-state index >= 15 is 0 Å². The van der Waals surface area contributed by atoms with Crippen molar-refractivity contribution in [1.82, 2.24) is 14.9 Å². The summed E-state index contributed by atoms with van der Waals surface area (Å²) in [6, 6.07) is 16.4. The molecule has 1 aromatic heterocycles. The zero-order valence-corrected chi connectivity index (χ0v) is 15.6. The molecule has 4 nitrogen and oxygen atoms in total. The maximum Gasteiger partial charge on any atom is 0.453 e. The minimum Gasteiger partial charge on any atom is -0.183 e. The first kappa shape index (κ1) is 18.7. The summed E-state index contributed by atoms with van der Waals surface area (Å²) in [6.45, 7) is 0. The number of halogens is 4. The minimum atomic E-state index is -4.64. The van der Waals surface area contributed by atoms with Gasteiger partial charge in [0, 0.05) is 10.2 Å². The number of benzene rings is 2. The van der Waals surface area contributed by atoms with E-state index in [1.54, 1.807) is 24.3 Å². The molecule has 0 saturated carbocycles. The molecule has 2 aromatic carbocycles. The van der Waals surface area contributed by atoms with E-state index in [-0.39, 0.29) is 5.16 Å². The Morgan fingerprint density at radius 2 is 1.73 bits per heavy atom. The summed E-state index contributed by atoms with van der Waals surface area (Å²) in [5, 5.41) is 11.0. The van der Waals surface area contributed by atoms with Crippen LogP contribution < -0.4 is 0 Å². The highest BCUT2D eigenvalue weighted by molar-refractivity contribution is 9.10. The Hall–Kier alpha value is -2.13.